The molecule has 0 atom stereocenters. The fourth-order valence-electron chi connectivity index (χ4n) is 2.86. The zero-order valence-electron chi connectivity index (χ0n) is 17.3. The van der Waals surface area contributed by atoms with E-state index in [0.717, 1.165) is 17.9 Å². The van der Waals surface area contributed by atoms with Crippen molar-refractivity contribution in [3.05, 3.63) is 48.5 Å². The number of carbonyl (C=O) groups excluding carboxylic acids is 2. The molecule has 0 radical (unpaired) electrons. The summed E-state index contributed by atoms with van der Waals surface area (Å²) in [5.74, 6) is 0.462. The summed E-state index contributed by atoms with van der Waals surface area (Å²) in [7, 11) is 0. The minimum atomic E-state index is -0.161. The molecule has 6 heteroatoms. The number of hydrogen-bond donors (Lipinski definition) is 3. The largest absolute Gasteiger partial charge is 0.494 e. The summed E-state index contributed by atoms with van der Waals surface area (Å²) >= 11 is 0. The van der Waals surface area contributed by atoms with Crippen LogP contribution < -0.4 is 20.7 Å². The van der Waals surface area contributed by atoms with Gasteiger partial charge in [-0.05, 0) is 36.8 Å². The van der Waals surface area contributed by atoms with E-state index in [4.69, 9.17) is 4.74 Å². The van der Waals surface area contributed by atoms with Gasteiger partial charge in [0, 0.05) is 30.1 Å². The second kappa shape index (κ2) is 12.4. The molecule has 156 valence electrons. The Kier molecular flexibility index (Phi) is 9.55. The molecule has 0 heterocycles. The Hall–Kier alpha value is -3.02. The molecule has 0 aliphatic rings. The summed E-state index contributed by atoms with van der Waals surface area (Å²) in [5.41, 5.74) is 2.14. The Bertz CT molecular complexity index is 792. The van der Waals surface area contributed by atoms with E-state index in [9.17, 15) is 9.59 Å². The van der Waals surface area contributed by atoms with E-state index in [1.807, 2.05) is 36.4 Å². The first-order chi connectivity index (χ1) is 14.1. The van der Waals surface area contributed by atoms with Crippen LogP contribution in [0.4, 0.5) is 17.1 Å². The first-order valence-corrected chi connectivity index (χ1v) is 10.2. The van der Waals surface area contributed by atoms with Gasteiger partial charge in [0.15, 0.2) is 0 Å². The van der Waals surface area contributed by atoms with E-state index in [2.05, 4.69) is 22.9 Å². The summed E-state index contributed by atoms with van der Waals surface area (Å²) in [5, 5.41) is 8.64. The van der Waals surface area contributed by atoms with Crippen LogP contribution in [0.15, 0.2) is 48.5 Å². The Morgan fingerprint density at radius 3 is 2.31 bits per heavy atom. The highest BCUT2D eigenvalue weighted by Gasteiger charge is 2.05. The second-order valence-electron chi connectivity index (χ2n) is 6.95. The van der Waals surface area contributed by atoms with Crippen molar-refractivity contribution in [3.63, 3.8) is 0 Å². The molecule has 0 saturated carbocycles. The summed E-state index contributed by atoms with van der Waals surface area (Å²) in [6, 6.07) is 14.7. The zero-order chi connectivity index (χ0) is 20.9. The average molecular weight is 398 g/mol. The van der Waals surface area contributed by atoms with E-state index < -0.39 is 0 Å². The van der Waals surface area contributed by atoms with E-state index in [1.165, 1.54) is 32.6 Å². The number of carbonyl (C=O) groups is 2. The van der Waals surface area contributed by atoms with Crippen molar-refractivity contribution in [2.45, 2.75) is 46.0 Å². The smallest absolute Gasteiger partial charge is 0.243 e. The number of amides is 2. The number of nitrogens with one attached hydrogen (secondary N) is 3. The molecule has 0 aliphatic heterocycles. The Labute approximate surface area is 173 Å². The minimum Gasteiger partial charge on any atom is -0.494 e. The number of ether oxygens (including phenoxy) is 1. The summed E-state index contributed by atoms with van der Waals surface area (Å²) in [4.78, 5) is 23.4. The molecule has 29 heavy (non-hydrogen) atoms. The molecule has 0 unspecified atom stereocenters. The molecule has 0 aromatic heterocycles. The van der Waals surface area contributed by atoms with Gasteiger partial charge in [0.2, 0.25) is 11.8 Å². The van der Waals surface area contributed by atoms with Gasteiger partial charge >= 0.3 is 0 Å². The lowest BCUT2D eigenvalue weighted by molar-refractivity contribution is -0.115. The van der Waals surface area contributed by atoms with Crippen molar-refractivity contribution >= 4 is 28.9 Å². The second-order valence-corrected chi connectivity index (χ2v) is 6.95. The van der Waals surface area contributed by atoms with E-state index in [-0.39, 0.29) is 18.4 Å². The maximum Gasteiger partial charge on any atom is 0.243 e. The van der Waals surface area contributed by atoms with Crippen molar-refractivity contribution in [1.29, 1.82) is 0 Å². The van der Waals surface area contributed by atoms with E-state index >= 15 is 0 Å². The maximum absolute atomic E-state index is 12.2. The van der Waals surface area contributed by atoms with E-state index in [0.29, 0.717) is 18.0 Å². The first kappa shape index (κ1) is 22.3. The van der Waals surface area contributed by atoms with Crippen LogP contribution in [0.5, 0.6) is 5.75 Å². The topological polar surface area (TPSA) is 79.5 Å². The number of hydrogen-bond acceptors (Lipinski definition) is 4. The van der Waals surface area contributed by atoms with Gasteiger partial charge < -0.3 is 20.7 Å². The SMILES string of the molecule is CCCCCCCOc1cccc(NC(=O)CNc2cccc(NC(C)=O)c2)c1. The molecule has 0 fully saturated rings. The fraction of sp³-hybridized carbons (Fsp3) is 0.391. The van der Waals surface area contributed by atoms with Crippen molar-refractivity contribution in [1.82, 2.24) is 0 Å². The lowest BCUT2D eigenvalue weighted by Gasteiger charge is -2.11. The van der Waals surface area contributed by atoms with Crippen molar-refractivity contribution in [2.75, 3.05) is 29.1 Å². The first-order valence-electron chi connectivity index (χ1n) is 10.2. The van der Waals surface area contributed by atoms with Crippen LogP contribution in [0.25, 0.3) is 0 Å². The zero-order valence-corrected chi connectivity index (χ0v) is 17.3. The molecule has 0 bridgehead atoms. The van der Waals surface area contributed by atoms with Gasteiger partial charge in [0.05, 0.1) is 13.2 Å². The molecule has 2 amide bonds. The van der Waals surface area contributed by atoms with Gasteiger partial charge in [-0.3, -0.25) is 9.59 Å². The Balaban J connectivity index is 1.76. The van der Waals surface area contributed by atoms with Gasteiger partial charge in [-0.15, -0.1) is 0 Å². The molecule has 2 rings (SSSR count). The number of benzene rings is 2. The Morgan fingerprint density at radius 1 is 0.862 bits per heavy atom. The lowest BCUT2D eigenvalue weighted by Crippen LogP contribution is -2.21. The van der Waals surface area contributed by atoms with Gasteiger partial charge in [0.25, 0.3) is 0 Å². The summed E-state index contributed by atoms with van der Waals surface area (Å²) < 4.78 is 5.78. The normalized spacial score (nSPS) is 10.3. The highest BCUT2D eigenvalue weighted by molar-refractivity contribution is 5.94. The van der Waals surface area contributed by atoms with Crippen LogP contribution in [0.3, 0.4) is 0 Å². The van der Waals surface area contributed by atoms with Crippen LogP contribution in [-0.4, -0.2) is 25.0 Å². The fourth-order valence-corrected chi connectivity index (χ4v) is 2.86. The predicted molar refractivity (Wildman–Crippen MR) is 119 cm³/mol. The monoisotopic (exact) mass is 397 g/mol. The highest BCUT2D eigenvalue weighted by Crippen LogP contribution is 2.18. The van der Waals surface area contributed by atoms with Crippen molar-refractivity contribution < 1.29 is 14.3 Å². The van der Waals surface area contributed by atoms with Gasteiger partial charge in [-0.1, -0.05) is 44.7 Å². The van der Waals surface area contributed by atoms with Crippen molar-refractivity contribution in [3.8, 4) is 5.75 Å². The molecule has 0 aliphatic carbocycles. The van der Waals surface area contributed by atoms with E-state index in [1.54, 1.807) is 12.1 Å². The predicted octanol–water partition coefficient (Wildman–Crippen LogP) is 5.04. The number of anilines is 3. The quantitative estimate of drug-likeness (QED) is 0.438. The van der Waals surface area contributed by atoms with Crippen LogP contribution in [0.1, 0.15) is 46.0 Å². The number of rotatable bonds is 12. The van der Waals surface area contributed by atoms with Crippen LogP contribution >= 0.6 is 0 Å². The van der Waals surface area contributed by atoms with Crippen LogP contribution in [-0.2, 0) is 9.59 Å². The molecular weight excluding hydrogens is 366 g/mol. The molecule has 3 N–H and O–H groups in total. The molecule has 0 saturated heterocycles. The highest BCUT2D eigenvalue weighted by atomic mass is 16.5. The summed E-state index contributed by atoms with van der Waals surface area (Å²) in [6.07, 6.45) is 5.97. The number of unbranched alkanes of at least 4 members (excludes halogenated alkanes) is 4. The van der Waals surface area contributed by atoms with Crippen molar-refractivity contribution in [2.24, 2.45) is 0 Å². The van der Waals surface area contributed by atoms with Gasteiger partial charge in [0.1, 0.15) is 5.75 Å². The van der Waals surface area contributed by atoms with Gasteiger partial charge in [-0.2, -0.15) is 0 Å². The molecule has 6 nitrogen and oxygen atoms in total. The lowest BCUT2D eigenvalue weighted by atomic mass is 10.2. The van der Waals surface area contributed by atoms with Crippen LogP contribution in [0, 0.1) is 0 Å². The minimum absolute atomic E-state index is 0.117. The molecule has 2 aromatic carbocycles. The average Bonchev–Trinajstić information content (AvgIpc) is 2.69. The third-order valence-corrected chi connectivity index (χ3v) is 4.27. The molecular formula is C23H31N3O3. The molecule has 0 spiro atoms. The Morgan fingerprint density at radius 2 is 1.55 bits per heavy atom. The third-order valence-electron chi connectivity index (χ3n) is 4.27. The third kappa shape index (κ3) is 9.14. The van der Waals surface area contributed by atoms with Crippen LogP contribution in [0.2, 0.25) is 0 Å². The summed E-state index contributed by atoms with van der Waals surface area (Å²) in [6.45, 7) is 4.46. The molecule has 2 aromatic rings. The maximum atomic E-state index is 12.2. The standard InChI is InChI=1S/C23H31N3O3/c1-3-4-5-6-7-14-29-22-13-9-12-21(16-22)26-23(28)17-24-19-10-8-11-20(15-19)25-18(2)27/h8-13,15-16,24H,3-7,14,17H2,1-2H3,(H,25,27)(H,26,28). The van der Waals surface area contributed by atoms with Gasteiger partial charge in [-0.25, -0.2) is 0 Å².